The van der Waals surface area contributed by atoms with E-state index in [0.717, 1.165) is 0 Å². The molecule has 1 aromatic heterocycles. The van der Waals surface area contributed by atoms with Gasteiger partial charge in [0.1, 0.15) is 5.75 Å². The van der Waals surface area contributed by atoms with Crippen LogP contribution in [0, 0.1) is 0 Å². The fourth-order valence-electron chi connectivity index (χ4n) is 1.16. The number of aliphatic hydroxyl groups excluding tert-OH is 1. The Labute approximate surface area is 86.9 Å². The molecular weight excluding hydrogens is 198 g/mol. The van der Waals surface area contributed by atoms with Crippen molar-refractivity contribution in [3.05, 3.63) is 28.7 Å². The monoisotopic (exact) mass is 211 g/mol. The van der Waals surface area contributed by atoms with Gasteiger partial charge in [-0.2, -0.15) is 0 Å². The molecule has 5 heteroatoms. The Hall–Kier alpha value is -1.62. The van der Waals surface area contributed by atoms with Crippen LogP contribution in [0.2, 0.25) is 0 Å². The quantitative estimate of drug-likeness (QED) is 0.723. The van der Waals surface area contributed by atoms with Crippen LogP contribution in [-0.4, -0.2) is 21.7 Å². The summed E-state index contributed by atoms with van der Waals surface area (Å²) in [6.45, 7) is 3.03. The second kappa shape index (κ2) is 4.75. The molecule has 0 aliphatic carbocycles. The largest absolute Gasteiger partial charge is 0.425 e. The molecule has 0 radical (unpaired) electrons. The number of aromatic nitrogens is 1. The van der Waals surface area contributed by atoms with Crippen LogP contribution in [0.3, 0.4) is 0 Å². The van der Waals surface area contributed by atoms with Crippen LogP contribution in [0.25, 0.3) is 0 Å². The standard InChI is InChI=1S/C10H13NO4/c1-7(12)5-11-6-9(15-8(2)13)3-4-10(11)14/h3-4,6-7,12H,5H2,1-2H3/t7-/m1/s1. The fourth-order valence-corrected chi connectivity index (χ4v) is 1.16. The number of rotatable bonds is 3. The highest BCUT2D eigenvalue weighted by Gasteiger charge is 2.04. The van der Waals surface area contributed by atoms with Crippen molar-refractivity contribution in [3.63, 3.8) is 0 Å². The molecule has 0 bridgehead atoms. The fraction of sp³-hybridized carbons (Fsp3) is 0.400. The number of hydrogen-bond donors (Lipinski definition) is 1. The van der Waals surface area contributed by atoms with Gasteiger partial charge in [-0.25, -0.2) is 0 Å². The lowest BCUT2D eigenvalue weighted by Gasteiger charge is -2.09. The molecule has 0 saturated heterocycles. The molecule has 82 valence electrons. The van der Waals surface area contributed by atoms with E-state index in [1.165, 1.54) is 29.8 Å². The first-order chi connectivity index (χ1) is 6.99. The number of carbonyl (C=O) groups excluding carboxylic acids is 1. The minimum atomic E-state index is -0.629. The first kappa shape index (κ1) is 11.5. The van der Waals surface area contributed by atoms with Crippen LogP contribution in [0.1, 0.15) is 13.8 Å². The lowest BCUT2D eigenvalue weighted by atomic mass is 10.3. The van der Waals surface area contributed by atoms with Crippen molar-refractivity contribution < 1.29 is 14.6 Å². The number of esters is 1. The minimum absolute atomic E-state index is 0.175. The summed E-state index contributed by atoms with van der Waals surface area (Å²) in [7, 11) is 0. The second-order valence-corrected chi connectivity index (χ2v) is 3.30. The van der Waals surface area contributed by atoms with Crippen LogP contribution in [0.4, 0.5) is 0 Å². The van der Waals surface area contributed by atoms with E-state index in [1.807, 2.05) is 0 Å². The lowest BCUT2D eigenvalue weighted by Crippen LogP contribution is -2.24. The van der Waals surface area contributed by atoms with Crippen LogP contribution < -0.4 is 10.3 Å². The third-order valence-electron chi connectivity index (χ3n) is 1.68. The summed E-state index contributed by atoms with van der Waals surface area (Å²) in [6.07, 6.45) is 0.770. The summed E-state index contributed by atoms with van der Waals surface area (Å²) in [5.74, 6) is -0.153. The van der Waals surface area contributed by atoms with Gasteiger partial charge < -0.3 is 14.4 Å². The Morgan fingerprint density at radius 2 is 2.27 bits per heavy atom. The SMILES string of the molecule is CC(=O)Oc1ccc(=O)n(C[C@@H](C)O)c1. The van der Waals surface area contributed by atoms with E-state index in [2.05, 4.69) is 0 Å². The molecule has 0 aromatic carbocycles. The van der Waals surface area contributed by atoms with E-state index in [-0.39, 0.29) is 12.1 Å². The first-order valence-electron chi connectivity index (χ1n) is 4.56. The van der Waals surface area contributed by atoms with Gasteiger partial charge in [0.25, 0.3) is 5.56 Å². The normalized spacial score (nSPS) is 12.2. The maximum atomic E-state index is 11.3. The molecule has 1 heterocycles. The average Bonchev–Trinajstić information content (AvgIpc) is 2.09. The summed E-state index contributed by atoms with van der Waals surface area (Å²) in [4.78, 5) is 22.0. The summed E-state index contributed by atoms with van der Waals surface area (Å²) in [6, 6.07) is 2.71. The van der Waals surface area contributed by atoms with Crippen molar-refractivity contribution in [2.75, 3.05) is 0 Å². The maximum Gasteiger partial charge on any atom is 0.308 e. The zero-order valence-corrected chi connectivity index (χ0v) is 8.64. The number of hydrogen-bond acceptors (Lipinski definition) is 4. The molecule has 1 N–H and O–H groups in total. The van der Waals surface area contributed by atoms with Gasteiger partial charge in [0.05, 0.1) is 18.8 Å². The third kappa shape index (κ3) is 3.55. The van der Waals surface area contributed by atoms with E-state index >= 15 is 0 Å². The van der Waals surface area contributed by atoms with E-state index < -0.39 is 12.1 Å². The van der Waals surface area contributed by atoms with Crippen molar-refractivity contribution in [3.8, 4) is 5.75 Å². The Morgan fingerprint density at radius 3 is 2.80 bits per heavy atom. The molecule has 0 spiro atoms. The Balaban J connectivity index is 2.94. The summed E-state index contributed by atoms with van der Waals surface area (Å²) in [5.41, 5.74) is -0.244. The van der Waals surface area contributed by atoms with Crippen molar-refractivity contribution in [2.24, 2.45) is 0 Å². The van der Waals surface area contributed by atoms with Gasteiger partial charge in [0.15, 0.2) is 0 Å². The number of ether oxygens (including phenoxy) is 1. The van der Waals surface area contributed by atoms with Gasteiger partial charge in [-0.1, -0.05) is 0 Å². The molecule has 5 nitrogen and oxygen atoms in total. The van der Waals surface area contributed by atoms with Crippen molar-refractivity contribution in [1.82, 2.24) is 4.57 Å². The molecule has 0 amide bonds. The smallest absolute Gasteiger partial charge is 0.308 e. The second-order valence-electron chi connectivity index (χ2n) is 3.30. The Kier molecular flexibility index (Phi) is 3.62. The molecule has 1 rings (SSSR count). The predicted molar refractivity (Wildman–Crippen MR) is 53.7 cm³/mol. The average molecular weight is 211 g/mol. The number of aliphatic hydroxyl groups is 1. The van der Waals surface area contributed by atoms with Gasteiger partial charge in [-0.3, -0.25) is 9.59 Å². The molecule has 1 atom stereocenters. The van der Waals surface area contributed by atoms with Crippen LogP contribution in [-0.2, 0) is 11.3 Å². The topological polar surface area (TPSA) is 68.5 Å². The van der Waals surface area contributed by atoms with E-state index in [4.69, 9.17) is 9.84 Å². The molecule has 0 saturated carbocycles. The summed E-state index contributed by atoms with van der Waals surface area (Å²) < 4.78 is 6.11. The van der Waals surface area contributed by atoms with Gasteiger partial charge in [0, 0.05) is 13.0 Å². The Morgan fingerprint density at radius 1 is 1.60 bits per heavy atom. The van der Waals surface area contributed by atoms with Crippen LogP contribution >= 0.6 is 0 Å². The molecular formula is C10H13NO4. The number of carbonyl (C=O) groups is 1. The van der Waals surface area contributed by atoms with Gasteiger partial charge >= 0.3 is 5.97 Å². The predicted octanol–water partition coefficient (Wildman–Crippen LogP) is 0.154. The van der Waals surface area contributed by atoms with E-state index in [0.29, 0.717) is 5.75 Å². The Bertz CT molecular complexity index is 408. The van der Waals surface area contributed by atoms with E-state index in [1.54, 1.807) is 6.92 Å². The highest BCUT2D eigenvalue weighted by molar-refractivity contribution is 5.69. The van der Waals surface area contributed by atoms with Gasteiger partial charge in [0.2, 0.25) is 0 Å². The third-order valence-corrected chi connectivity index (χ3v) is 1.68. The van der Waals surface area contributed by atoms with Crippen molar-refractivity contribution in [2.45, 2.75) is 26.5 Å². The van der Waals surface area contributed by atoms with Crippen molar-refractivity contribution >= 4 is 5.97 Å². The molecule has 15 heavy (non-hydrogen) atoms. The first-order valence-corrected chi connectivity index (χ1v) is 4.56. The highest BCUT2D eigenvalue weighted by atomic mass is 16.5. The van der Waals surface area contributed by atoms with Crippen molar-refractivity contribution in [1.29, 1.82) is 0 Å². The van der Waals surface area contributed by atoms with Gasteiger partial charge in [-0.15, -0.1) is 0 Å². The van der Waals surface area contributed by atoms with E-state index in [9.17, 15) is 9.59 Å². The molecule has 0 fully saturated rings. The molecule has 1 aromatic rings. The zero-order chi connectivity index (χ0) is 11.4. The minimum Gasteiger partial charge on any atom is -0.425 e. The lowest BCUT2D eigenvalue weighted by molar-refractivity contribution is -0.131. The van der Waals surface area contributed by atoms with Gasteiger partial charge in [-0.05, 0) is 13.0 Å². The van der Waals surface area contributed by atoms with Crippen LogP contribution in [0.15, 0.2) is 23.1 Å². The molecule has 0 unspecified atom stereocenters. The molecule has 0 aliphatic heterocycles. The highest BCUT2D eigenvalue weighted by Crippen LogP contribution is 2.07. The summed E-state index contributed by atoms with van der Waals surface area (Å²) in [5, 5.41) is 9.14. The number of nitrogens with zero attached hydrogens (tertiary/aromatic N) is 1. The number of pyridine rings is 1. The zero-order valence-electron chi connectivity index (χ0n) is 8.64. The van der Waals surface area contributed by atoms with Crippen LogP contribution in [0.5, 0.6) is 5.75 Å². The molecule has 0 aliphatic rings. The summed E-state index contributed by atoms with van der Waals surface area (Å²) >= 11 is 0. The maximum absolute atomic E-state index is 11.3.